The fourth-order valence-corrected chi connectivity index (χ4v) is 2.25. The van der Waals surface area contributed by atoms with Crippen molar-refractivity contribution < 1.29 is 9.90 Å². The molecule has 108 valence electrons. The van der Waals surface area contributed by atoms with Crippen molar-refractivity contribution in [2.45, 2.75) is 33.2 Å². The monoisotopic (exact) mass is 275 g/mol. The van der Waals surface area contributed by atoms with Crippen molar-refractivity contribution in [2.24, 2.45) is 5.41 Å². The van der Waals surface area contributed by atoms with Crippen molar-refractivity contribution in [3.05, 3.63) is 30.1 Å². The average molecular weight is 275 g/mol. The van der Waals surface area contributed by atoms with Gasteiger partial charge in [-0.2, -0.15) is 0 Å². The molecule has 2 rings (SSSR count). The summed E-state index contributed by atoms with van der Waals surface area (Å²) in [5.41, 5.74) is 2.27. The van der Waals surface area contributed by atoms with Crippen LogP contribution in [-0.4, -0.2) is 33.6 Å². The number of carbonyl (C=O) groups is 1. The van der Waals surface area contributed by atoms with Crippen molar-refractivity contribution in [3.8, 4) is 0 Å². The molecule has 0 radical (unpaired) electrons. The molecule has 0 bridgehead atoms. The Bertz CT molecular complexity index is 598. The van der Waals surface area contributed by atoms with Gasteiger partial charge in [-0.3, -0.25) is 4.79 Å². The third-order valence-electron chi connectivity index (χ3n) is 3.10. The lowest BCUT2D eigenvalue weighted by atomic mass is 9.88. The third kappa shape index (κ3) is 3.57. The van der Waals surface area contributed by atoms with Gasteiger partial charge in [0.05, 0.1) is 30.0 Å². The number of amides is 1. The Morgan fingerprint density at radius 1 is 1.45 bits per heavy atom. The standard InChI is InChI=1S/C15H21N3O2/c1-15(2,3)7-11(8-19)18-14(20)10-4-5-12-13(6-10)17-9-16-12/h4-6,9,11,19H,7-8H2,1-3H3,(H,16,17)(H,18,20). The Morgan fingerprint density at radius 3 is 2.85 bits per heavy atom. The summed E-state index contributed by atoms with van der Waals surface area (Å²) in [6, 6.07) is 5.08. The number of rotatable bonds is 4. The van der Waals surface area contributed by atoms with Gasteiger partial charge in [0.25, 0.3) is 5.91 Å². The van der Waals surface area contributed by atoms with Crippen LogP contribution in [0.2, 0.25) is 0 Å². The number of aromatic nitrogens is 2. The smallest absolute Gasteiger partial charge is 0.251 e. The molecule has 0 saturated heterocycles. The van der Waals surface area contributed by atoms with E-state index in [1.165, 1.54) is 0 Å². The van der Waals surface area contributed by atoms with E-state index in [0.29, 0.717) is 5.56 Å². The van der Waals surface area contributed by atoms with Gasteiger partial charge in [-0.05, 0) is 30.0 Å². The van der Waals surface area contributed by atoms with Crippen LogP contribution in [0, 0.1) is 5.41 Å². The maximum atomic E-state index is 12.2. The van der Waals surface area contributed by atoms with E-state index in [-0.39, 0.29) is 24.0 Å². The number of nitrogens with one attached hydrogen (secondary N) is 2. The van der Waals surface area contributed by atoms with E-state index in [4.69, 9.17) is 0 Å². The van der Waals surface area contributed by atoms with Crippen molar-refractivity contribution in [2.75, 3.05) is 6.61 Å². The maximum Gasteiger partial charge on any atom is 0.251 e. The minimum atomic E-state index is -0.236. The number of aliphatic hydroxyl groups excluding tert-OH is 1. The molecule has 1 aromatic carbocycles. The molecular weight excluding hydrogens is 254 g/mol. The Balaban J connectivity index is 2.09. The Kier molecular flexibility index (Phi) is 4.09. The SMILES string of the molecule is CC(C)(C)CC(CO)NC(=O)c1ccc2nc[nH]c2c1. The van der Waals surface area contributed by atoms with Crippen LogP contribution >= 0.6 is 0 Å². The first kappa shape index (κ1) is 14.5. The summed E-state index contributed by atoms with van der Waals surface area (Å²) in [4.78, 5) is 19.3. The largest absolute Gasteiger partial charge is 0.394 e. The zero-order valence-electron chi connectivity index (χ0n) is 12.1. The Labute approximate surface area is 118 Å². The molecule has 20 heavy (non-hydrogen) atoms. The van der Waals surface area contributed by atoms with Gasteiger partial charge in [-0.15, -0.1) is 0 Å². The van der Waals surface area contributed by atoms with Crippen LogP contribution in [0.4, 0.5) is 0 Å². The lowest BCUT2D eigenvalue weighted by Crippen LogP contribution is -2.40. The fraction of sp³-hybridized carbons (Fsp3) is 0.467. The van der Waals surface area contributed by atoms with E-state index < -0.39 is 0 Å². The summed E-state index contributed by atoms with van der Waals surface area (Å²) >= 11 is 0. The van der Waals surface area contributed by atoms with Crippen molar-refractivity contribution in [1.82, 2.24) is 15.3 Å². The predicted molar refractivity (Wildman–Crippen MR) is 78.5 cm³/mol. The topological polar surface area (TPSA) is 78.0 Å². The number of fused-ring (bicyclic) bond motifs is 1. The zero-order valence-corrected chi connectivity index (χ0v) is 12.1. The van der Waals surface area contributed by atoms with Crippen LogP contribution in [0.1, 0.15) is 37.6 Å². The van der Waals surface area contributed by atoms with Gasteiger partial charge in [-0.1, -0.05) is 20.8 Å². The highest BCUT2D eigenvalue weighted by atomic mass is 16.3. The minimum absolute atomic E-state index is 0.0496. The van der Waals surface area contributed by atoms with E-state index in [1.54, 1.807) is 24.5 Å². The third-order valence-corrected chi connectivity index (χ3v) is 3.10. The summed E-state index contributed by atoms with van der Waals surface area (Å²) in [5, 5.41) is 12.3. The van der Waals surface area contributed by atoms with Crippen molar-refractivity contribution in [1.29, 1.82) is 0 Å². The minimum Gasteiger partial charge on any atom is -0.394 e. The number of aromatic amines is 1. The molecule has 0 aliphatic rings. The zero-order chi connectivity index (χ0) is 14.8. The van der Waals surface area contributed by atoms with Crippen molar-refractivity contribution >= 4 is 16.9 Å². The second-order valence-corrected chi connectivity index (χ2v) is 6.25. The molecule has 3 N–H and O–H groups in total. The van der Waals surface area contributed by atoms with E-state index in [0.717, 1.165) is 17.5 Å². The summed E-state index contributed by atoms with van der Waals surface area (Å²) in [6.45, 7) is 6.19. The molecule has 1 heterocycles. The van der Waals surface area contributed by atoms with Gasteiger partial charge >= 0.3 is 0 Å². The van der Waals surface area contributed by atoms with Crippen LogP contribution < -0.4 is 5.32 Å². The number of imidazole rings is 1. The van der Waals surface area contributed by atoms with Crippen LogP contribution in [0.5, 0.6) is 0 Å². The number of carbonyl (C=O) groups excluding carboxylic acids is 1. The summed E-state index contributed by atoms with van der Waals surface area (Å²) in [6.07, 6.45) is 2.32. The van der Waals surface area contributed by atoms with Crippen LogP contribution in [0.15, 0.2) is 24.5 Å². The van der Waals surface area contributed by atoms with Gasteiger partial charge in [0.1, 0.15) is 0 Å². The fourth-order valence-electron chi connectivity index (χ4n) is 2.25. The van der Waals surface area contributed by atoms with Gasteiger partial charge in [0.2, 0.25) is 0 Å². The van der Waals surface area contributed by atoms with Gasteiger partial charge < -0.3 is 15.4 Å². The second-order valence-electron chi connectivity index (χ2n) is 6.25. The first-order chi connectivity index (χ1) is 9.39. The van der Waals surface area contributed by atoms with Crippen LogP contribution in [-0.2, 0) is 0 Å². The molecule has 0 spiro atoms. The van der Waals surface area contributed by atoms with Crippen LogP contribution in [0.3, 0.4) is 0 Å². The molecule has 5 heteroatoms. The number of hydrogen-bond donors (Lipinski definition) is 3. The van der Waals surface area contributed by atoms with E-state index in [1.807, 2.05) is 0 Å². The highest BCUT2D eigenvalue weighted by Gasteiger charge is 2.20. The summed E-state index contributed by atoms with van der Waals surface area (Å²) < 4.78 is 0. The molecule has 1 unspecified atom stereocenters. The number of H-pyrrole nitrogens is 1. The second kappa shape index (κ2) is 5.63. The quantitative estimate of drug-likeness (QED) is 0.799. The van der Waals surface area contributed by atoms with E-state index in [2.05, 4.69) is 36.1 Å². The molecule has 0 saturated carbocycles. The lowest BCUT2D eigenvalue weighted by Gasteiger charge is -2.25. The number of aliphatic hydroxyl groups is 1. The molecule has 1 atom stereocenters. The Hall–Kier alpha value is -1.88. The molecule has 5 nitrogen and oxygen atoms in total. The first-order valence-electron chi connectivity index (χ1n) is 6.74. The molecule has 1 amide bonds. The number of nitrogens with zero attached hydrogens (tertiary/aromatic N) is 1. The molecule has 0 aliphatic carbocycles. The van der Waals surface area contributed by atoms with E-state index >= 15 is 0 Å². The molecule has 2 aromatic rings. The van der Waals surface area contributed by atoms with Gasteiger partial charge in [-0.25, -0.2) is 4.98 Å². The van der Waals surface area contributed by atoms with Gasteiger partial charge in [0, 0.05) is 5.56 Å². The highest BCUT2D eigenvalue weighted by Crippen LogP contribution is 2.21. The lowest BCUT2D eigenvalue weighted by molar-refractivity contribution is 0.0898. The summed E-state index contributed by atoms with van der Waals surface area (Å²) in [5.74, 6) is -0.176. The molecule has 1 aromatic heterocycles. The molecule has 0 aliphatic heterocycles. The molecular formula is C15H21N3O2. The molecule has 0 fully saturated rings. The maximum absolute atomic E-state index is 12.2. The van der Waals surface area contributed by atoms with Gasteiger partial charge in [0.15, 0.2) is 0 Å². The Morgan fingerprint density at radius 2 is 2.20 bits per heavy atom. The number of benzene rings is 1. The highest BCUT2D eigenvalue weighted by molar-refractivity contribution is 5.97. The predicted octanol–water partition coefficient (Wildman–Crippen LogP) is 2.09. The average Bonchev–Trinajstić information content (AvgIpc) is 2.83. The van der Waals surface area contributed by atoms with Crippen LogP contribution in [0.25, 0.3) is 11.0 Å². The summed E-state index contributed by atoms with van der Waals surface area (Å²) in [7, 11) is 0. The van der Waals surface area contributed by atoms with Crippen molar-refractivity contribution in [3.63, 3.8) is 0 Å². The van der Waals surface area contributed by atoms with E-state index in [9.17, 15) is 9.90 Å². The first-order valence-corrected chi connectivity index (χ1v) is 6.74. The number of hydrogen-bond acceptors (Lipinski definition) is 3. The normalized spacial score (nSPS) is 13.4.